The lowest BCUT2D eigenvalue weighted by atomic mass is 9.92. The maximum atomic E-state index is 11.5. The summed E-state index contributed by atoms with van der Waals surface area (Å²) in [5.74, 6) is 0.482. The van der Waals surface area contributed by atoms with Gasteiger partial charge in [0.05, 0.1) is 0 Å². The molecule has 15 heavy (non-hydrogen) atoms. The fourth-order valence-corrected chi connectivity index (χ4v) is 3.19. The van der Waals surface area contributed by atoms with Crippen LogP contribution in [0.3, 0.4) is 0 Å². The first kappa shape index (κ1) is 7.74. The summed E-state index contributed by atoms with van der Waals surface area (Å²) in [6, 6.07) is 8.34. The second-order valence-corrected chi connectivity index (χ2v) is 4.58. The third kappa shape index (κ3) is 0.798. The lowest BCUT2D eigenvalue weighted by molar-refractivity contribution is -0.148. The Kier molecular flexibility index (Phi) is 1.21. The smallest absolute Gasteiger partial charge is 0.330 e. The number of fused-ring (bicyclic) bond motifs is 1. The van der Waals surface area contributed by atoms with E-state index < -0.39 is 0 Å². The quantitative estimate of drug-likeness (QED) is 0.593. The average molecular weight is 201 g/mol. The van der Waals surface area contributed by atoms with Gasteiger partial charge in [-0.25, -0.2) is 4.79 Å². The molecule has 0 N–H and O–H groups in total. The van der Waals surface area contributed by atoms with E-state index in [0.29, 0.717) is 5.92 Å². The number of hydrogen-bond donors (Lipinski definition) is 0. The van der Waals surface area contributed by atoms with Gasteiger partial charge in [-0.05, 0) is 24.5 Å². The fraction of sp³-hybridized carbons (Fsp3) is 0.417. The zero-order chi connectivity index (χ0) is 9.99. The zero-order valence-corrected chi connectivity index (χ0v) is 8.22. The number of hydrogen-bond acceptors (Lipinski definition) is 3. The number of para-hydroxylation sites is 1. The molecule has 1 aromatic rings. The van der Waals surface area contributed by atoms with Gasteiger partial charge in [0, 0.05) is 11.6 Å². The number of anilines is 1. The van der Waals surface area contributed by atoms with Gasteiger partial charge in [0.1, 0.15) is 6.04 Å². The van der Waals surface area contributed by atoms with Crippen LogP contribution in [-0.4, -0.2) is 18.2 Å². The minimum absolute atomic E-state index is 0.0105. The van der Waals surface area contributed by atoms with E-state index in [1.807, 2.05) is 6.07 Å². The largest absolute Gasteiger partial charge is 0.440 e. The van der Waals surface area contributed by atoms with Crippen LogP contribution in [0.2, 0.25) is 0 Å². The van der Waals surface area contributed by atoms with Crippen LogP contribution in [0.25, 0.3) is 0 Å². The van der Waals surface area contributed by atoms with Crippen LogP contribution in [-0.2, 0) is 16.0 Å². The molecule has 0 saturated carbocycles. The molecule has 3 heterocycles. The summed E-state index contributed by atoms with van der Waals surface area (Å²) in [4.78, 5) is 13.7. The number of rotatable bonds is 0. The Bertz CT molecular complexity index is 457. The molecule has 3 aliphatic rings. The average Bonchev–Trinajstić information content (AvgIpc) is 2.69. The molecule has 0 spiro atoms. The van der Waals surface area contributed by atoms with E-state index >= 15 is 0 Å². The Labute approximate surface area is 87.6 Å². The summed E-state index contributed by atoms with van der Waals surface area (Å²) in [7, 11) is 0. The predicted molar refractivity (Wildman–Crippen MR) is 54.4 cm³/mol. The molecule has 0 amide bonds. The van der Waals surface area contributed by atoms with Gasteiger partial charge in [0.15, 0.2) is 6.23 Å². The van der Waals surface area contributed by atoms with Crippen molar-refractivity contribution in [1.29, 1.82) is 0 Å². The van der Waals surface area contributed by atoms with E-state index in [-0.39, 0.29) is 18.2 Å². The lowest BCUT2D eigenvalue weighted by Gasteiger charge is -2.30. The standard InChI is InChI=1S/C12H11NO2/c14-12-10-6-8-5-7-3-1-2-4-9(7)13(10)11(8)15-12/h1-4,8,10-11H,5-6H2/t8-,10+,11-/m1/s1. The van der Waals surface area contributed by atoms with Crippen molar-refractivity contribution in [2.45, 2.75) is 25.1 Å². The second kappa shape index (κ2) is 2.35. The molecular weight excluding hydrogens is 190 g/mol. The Morgan fingerprint density at radius 3 is 3.13 bits per heavy atom. The van der Waals surface area contributed by atoms with Gasteiger partial charge < -0.3 is 9.64 Å². The van der Waals surface area contributed by atoms with Crippen LogP contribution in [0.15, 0.2) is 24.3 Å². The number of carbonyl (C=O) groups excluding carboxylic acids is 1. The summed E-state index contributed by atoms with van der Waals surface area (Å²) in [6.45, 7) is 0. The van der Waals surface area contributed by atoms with Gasteiger partial charge in [-0.1, -0.05) is 18.2 Å². The molecule has 0 aromatic heterocycles. The van der Waals surface area contributed by atoms with Crippen LogP contribution < -0.4 is 4.90 Å². The molecule has 3 atom stereocenters. The second-order valence-electron chi connectivity index (χ2n) is 4.58. The van der Waals surface area contributed by atoms with Crippen LogP contribution in [0.1, 0.15) is 12.0 Å². The molecule has 76 valence electrons. The van der Waals surface area contributed by atoms with Gasteiger partial charge in [-0.3, -0.25) is 0 Å². The van der Waals surface area contributed by atoms with Gasteiger partial charge in [0.2, 0.25) is 0 Å². The van der Waals surface area contributed by atoms with Crippen molar-refractivity contribution in [1.82, 2.24) is 0 Å². The SMILES string of the molecule is O=C1O[C@@H]2[C@@H]3Cc4ccccc4N2[C@H]1C3. The highest BCUT2D eigenvalue weighted by molar-refractivity contribution is 5.86. The maximum absolute atomic E-state index is 11.5. The predicted octanol–water partition coefficient (Wildman–Crippen LogP) is 1.32. The molecule has 2 fully saturated rings. The van der Waals surface area contributed by atoms with Crippen molar-refractivity contribution >= 4 is 11.7 Å². The molecule has 0 aliphatic carbocycles. The molecule has 0 radical (unpaired) electrons. The van der Waals surface area contributed by atoms with Gasteiger partial charge >= 0.3 is 5.97 Å². The van der Waals surface area contributed by atoms with E-state index in [0.717, 1.165) is 12.8 Å². The van der Waals surface area contributed by atoms with Crippen molar-refractivity contribution < 1.29 is 9.53 Å². The van der Waals surface area contributed by atoms with Crippen molar-refractivity contribution in [3.05, 3.63) is 29.8 Å². The van der Waals surface area contributed by atoms with E-state index in [1.165, 1.54) is 11.3 Å². The Balaban J connectivity index is 1.92. The first-order chi connectivity index (χ1) is 7.34. The third-order valence-corrected chi connectivity index (χ3v) is 3.80. The molecular formula is C12H11NO2. The Hall–Kier alpha value is -1.51. The number of esters is 1. The fourth-order valence-electron chi connectivity index (χ4n) is 3.19. The van der Waals surface area contributed by atoms with E-state index in [9.17, 15) is 4.79 Å². The van der Waals surface area contributed by atoms with Crippen molar-refractivity contribution in [3.8, 4) is 0 Å². The molecule has 1 aromatic carbocycles. The van der Waals surface area contributed by atoms with E-state index in [1.54, 1.807) is 0 Å². The third-order valence-electron chi connectivity index (χ3n) is 3.80. The number of nitrogens with zero attached hydrogens (tertiary/aromatic N) is 1. The number of ether oxygens (including phenoxy) is 1. The van der Waals surface area contributed by atoms with Gasteiger partial charge in [-0.15, -0.1) is 0 Å². The Morgan fingerprint density at radius 1 is 1.33 bits per heavy atom. The topological polar surface area (TPSA) is 29.5 Å². The summed E-state index contributed by atoms with van der Waals surface area (Å²) in [5, 5.41) is 0. The van der Waals surface area contributed by atoms with Crippen LogP contribution in [0, 0.1) is 5.92 Å². The summed E-state index contributed by atoms with van der Waals surface area (Å²) < 4.78 is 5.37. The summed E-state index contributed by atoms with van der Waals surface area (Å²) >= 11 is 0. The van der Waals surface area contributed by atoms with Crippen LogP contribution in [0.4, 0.5) is 5.69 Å². The highest BCUT2D eigenvalue weighted by atomic mass is 16.6. The molecule has 4 bridgehead atoms. The molecule has 3 aliphatic heterocycles. The van der Waals surface area contributed by atoms with Gasteiger partial charge in [-0.2, -0.15) is 0 Å². The number of carbonyl (C=O) groups is 1. The lowest BCUT2D eigenvalue weighted by Crippen LogP contribution is -2.35. The zero-order valence-electron chi connectivity index (χ0n) is 8.22. The molecule has 3 nitrogen and oxygen atoms in total. The first-order valence-electron chi connectivity index (χ1n) is 5.41. The monoisotopic (exact) mass is 201 g/mol. The minimum Gasteiger partial charge on any atom is -0.440 e. The summed E-state index contributed by atoms with van der Waals surface area (Å²) in [5.41, 5.74) is 2.56. The van der Waals surface area contributed by atoms with E-state index in [2.05, 4.69) is 23.1 Å². The van der Waals surface area contributed by atoms with Crippen molar-refractivity contribution in [2.24, 2.45) is 5.92 Å². The van der Waals surface area contributed by atoms with Crippen LogP contribution in [0.5, 0.6) is 0 Å². The minimum atomic E-state index is -0.0343. The Morgan fingerprint density at radius 2 is 2.20 bits per heavy atom. The van der Waals surface area contributed by atoms with Gasteiger partial charge in [0.25, 0.3) is 0 Å². The maximum Gasteiger partial charge on any atom is 0.330 e. The van der Waals surface area contributed by atoms with Crippen molar-refractivity contribution in [2.75, 3.05) is 4.90 Å². The number of benzene rings is 1. The normalized spacial score (nSPS) is 35.3. The molecule has 0 unspecified atom stereocenters. The highest BCUT2D eigenvalue weighted by Crippen LogP contribution is 2.48. The van der Waals surface area contributed by atoms with E-state index in [4.69, 9.17) is 4.74 Å². The molecule has 2 saturated heterocycles. The van der Waals surface area contributed by atoms with Crippen LogP contribution >= 0.6 is 0 Å². The van der Waals surface area contributed by atoms with Crippen molar-refractivity contribution in [3.63, 3.8) is 0 Å². The molecule has 4 rings (SSSR count). The first-order valence-corrected chi connectivity index (χ1v) is 5.41. The summed E-state index contributed by atoms with van der Waals surface area (Å²) in [6.07, 6.45) is 2.05. The highest BCUT2D eigenvalue weighted by Gasteiger charge is 2.56. The molecule has 3 heteroatoms.